The van der Waals surface area contributed by atoms with E-state index in [9.17, 15) is 45.6 Å². The molecule has 0 bridgehead atoms. The van der Waals surface area contributed by atoms with Crippen LogP contribution in [0.1, 0.15) is 39.5 Å². The summed E-state index contributed by atoms with van der Waals surface area (Å²) in [6.45, 7) is 1.99. The van der Waals surface area contributed by atoms with Crippen molar-refractivity contribution >= 4 is 5.91 Å². The summed E-state index contributed by atoms with van der Waals surface area (Å²) < 4.78 is 35.1. The third-order valence-corrected chi connectivity index (χ3v) is 7.82. The van der Waals surface area contributed by atoms with Crippen LogP contribution in [0.25, 0.3) is 0 Å². The number of nitrogens with two attached hydrogens (primary N) is 1. The van der Waals surface area contributed by atoms with Crippen molar-refractivity contribution in [3.8, 4) is 0 Å². The number of amides is 1. The molecule has 43 heavy (non-hydrogen) atoms. The van der Waals surface area contributed by atoms with Gasteiger partial charge in [-0.3, -0.25) is 4.79 Å². The Morgan fingerprint density at radius 3 is 1.88 bits per heavy atom. The van der Waals surface area contributed by atoms with Crippen LogP contribution < -0.4 is 11.1 Å². The molecule has 0 aromatic rings. The molecule has 3 fully saturated rings. The molecule has 0 saturated carbocycles. The van der Waals surface area contributed by atoms with Crippen molar-refractivity contribution < 1.29 is 74.1 Å². The maximum atomic E-state index is 12.3. The third-order valence-electron chi connectivity index (χ3n) is 7.82. The summed E-state index contributed by atoms with van der Waals surface area (Å²) in [6.07, 6.45) is -17.8. The van der Waals surface area contributed by atoms with Gasteiger partial charge in [-0.1, -0.05) is 12.8 Å². The van der Waals surface area contributed by atoms with Crippen molar-refractivity contribution in [2.45, 2.75) is 132 Å². The molecule has 0 radical (unpaired) electrons. The van der Waals surface area contributed by atoms with Crippen molar-refractivity contribution in [1.82, 2.24) is 5.32 Å². The zero-order chi connectivity index (χ0) is 31.8. The average Bonchev–Trinajstić information content (AvgIpc) is 2.98. The van der Waals surface area contributed by atoms with Crippen LogP contribution in [0.2, 0.25) is 0 Å². The third kappa shape index (κ3) is 8.99. The van der Waals surface area contributed by atoms with Gasteiger partial charge < -0.3 is 80.3 Å². The maximum absolute atomic E-state index is 12.3. The van der Waals surface area contributed by atoms with Crippen LogP contribution in [-0.4, -0.2) is 165 Å². The van der Waals surface area contributed by atoms with Crippen LogP contribution in [-0.2, 0) is 33.2 Å². The minimum absolute atomic E-state index is 0.193. The number of aliphatic hydroxyl groups excluding tert-OH is 8. The monoisotopic (exact) mass is 628 g/mol. The summed E-state index contributed by atoms with van der Waals surface area (Å²) in [7, 11) is 0. The molecule has 15 atom stereocenters. The molecule has 0 aromatic carbocycles. The number of hydrogen-bond donors (Lipinski definition) is 10. The number of rotatable bonds is 14. The number of carbonyl (C=O) groups excluding carboxylic acids is 1. The second-order valence-corrected chi connectivity index (χ2v) is 11.1. The zero-order valence-electron chi connectivity index (χ0n) is 24.3. The van der Waals surface area contributed by atoms with E-state index in [4.69, 9.17) is 34.2 Å². The topological polar surface area (TPSA) is 272 Å². The smallest absolute Gasteiger partial charge is 0.217 e. The van der Waals surface area contributed by atoms with Crippen LogP contribution >= 0.6 is 0 Å². The van der Waals surface area contributed by atoms with Crippen LogP contribution in [0, 0.1) is 0 Å². The first-order valence-corrected chi connectivity index (χ1v) is 14.6. The molecular weight excluding hydrogens is 580 g/mol. The molecule has 3 saturated heterocycles. The van der Waals surface area contributed by atoms with Crippen LogP contribution in [0.4, 0.5) is 0 Å². The molecule has 17 nitrogen and oxygen atoms in total. The molecule has 0 unspecified atom stereocenters. The number of unbranched alkanes of at least 4 members (excludes halogenated alkanes) is 3. The molecule has 0 aliphatic carbocycles. The molecule has 17 heteroatoms. The SMILES string of the molecule is CC(=O)N[C@H]1[C@H](OCCCCCCN)O[C@H](CO)[C@@H](O[C@@H]2O[C@H](CO)[C@H](O)[C@H](O)[C@H]2O)[C@@H]1O[C@@H]1O[C@@H](C)[C@@H](O)[C@@H](O)[C@@H]1O. The van der Waals surface area contributed by atoms with Gasteiger partial charge in [0.1, 0.15) is 67.1 Å². The molecule has 3 aliphatic rings. The fourth-order valence-corrected chi connectivity index (χ4v) is 5.32. The Bertz CT molecular complexity index is 842. The molecule has 0 aromatic heterocycles. The summed E-state index contributed by atoms with van der Waals surface area (Å²) in [5, 5.41) is 84.8. The molecule has 3 rings (SSSR count). The first-order valence-electron chi connectivity index (χ1n) is 14.6. The number of aliphatic hydroxyl groups is 8. The van der Waals surface area contributed by atoms with Gasteiger partial charge in [-0.15, -0.1) is 0 Å². The predicted octanol–water partition coefficient (Wildman–Crippen LogP) is -4.86. The standard InChI is InChI=1S/C26H48N2O15/c1-11-16(32)18(34)20(36)25(39-11)43-23-15(28-12(2)31)24(38-8-6-4-3-5-7-27)41-14(10-30)22(23)42-26-21(37)19(35)17(33)13(9-29)40-26/h11,13-26,29-30,32-37H,3-10,27H2,1-2H3,(H,28,31)/t11-,13+,14+,15+,16+,17-,18+,19-,20-,21+,22+,23+,24+,25-,26-/m0/s1. The second-order valence-electron chi connectivity index (χ2n) is 11.1. The first kappa shape index (κ1) is 36.3. The Morgan fingerprint density at radius 2 is 1.28 bits per heavy atom. The van der Waals surface area contributed by atoms with E-state index in [0.29, 0.717) is 13.0 Å². The minimum atomic E-state index is -1.83. The minimum Gasteiger partial charge on any atom is -0.394 e. The molecule has 1 amide bonds. The van der Waals surface area contributed by atoms with Gasteiger partial charge in [0.05, 0.1) is 19.3 Å². The quantitative estimate of drug-likeness (QED) is 0.0808. The first-order chi connectivity index (χ1) is 20.4. The maximum Gasteiger partial charge on any atom is 0.217 e. The lowest BCUT2D eigenvalue weighted by atomic mass is 9.94. The van der Waals surface area contributed by atoms with Gasteiger partial charge in [0.25, 0.3) is 0 Å². The van der Waals surface area contributed by atoms with Crippen molar-refractivity contribution in [3.05, 3.63) is 0 Å². The lowest BCUT2D eigenvalue weighted by molar-refractivity contribution is -0.373. The van der Waals surface area contributed by atoms with E-state index in [1.807, 2.05) is 0 Å². The molecule has 11 N–H and O–H groups in total. The van der Waals surface area contributed by atoms with Gasteiger partial charge in [0.15, 0.2) is 18.9 Å². The normalized spacial score (nSPS) is 43.8. The lowest BCUT2D eigenvalue weighted by Gasteiger charge is -2.50. The van der Waals surface area contributed by atoms with E-state index in [0.717, 1.165) is 19.3 Å². The highest BCUT2D eigenvalue weighted by Crippen LogP contribution is 2.34. The fraction of sp³-hybridized carbons (Fsp3) is 0.962. The van der Waals surface area contributed by atoms with Crippen molar-refractivity contribution in [2.75, 3.05) is 26.4 Å². The van der Waals surface area contributed by atoms with Gasteiger partial charge in [-0.2, -0.15) is 0 Å². The van der Waals surface area contributed by atoms with Gasteiger partial charge >= 0.3 is 0 Å². The van der Waals surface area contributed by atoms with Gasteiger partial charge in [-0.25, -0.2) is 0 Å². The highest BCUT2D eigenvalue weighted by molar-refractivity contribution is 5.73. The van der Waals surface area contributed by atoms with Crippen LogP contribution in [0.15, 0.2) is 0 Å². The largest absolute Gasteiger partial charge is 0.394 e. The highest BCUT2D eigenvalue weighted by atomic mass is 16.8. The Kier molecular flexibility index (Phi) is 14.3. The zero-order valence-corrected chi connectivity index (χ0v) is 24.3. The van der Waals surface area contributed by atoms with Crippen molar-refractivity contribution in [2.24, 2.45) is 5.73 Å². The summed E-state index contributed by atoms with van der Waals surface area (Å²) >= 11 is 0. The summed E-state index contributed by atoms with van der Waals surface area (Å²) in [5.74, 6) is -0.540. The van der Waals surface area contributed by atoms with E-state index in [-0.39, 0.29) is 6.61 Å². The Labute approximate surface area is 249 Å². The average molecular weight is 629 g/mol. The van der Waals surface area contributed by atoms with Gasteiger partial charge in [0.2, 0.25) is 5.91 Å². The number of ether oxygens (including phenoxy) is 6. The molecular formula is C26H48N2O15. The Balaban J connectivity index is 1.92. The summed E-state index contributed by atoms with van der Waals surface area (Å²) in [5.41, 5.74) is 5.54. The predicted molar refractivity (Wildman–Crippen MR) is 143 cm³/mol. The fourth-order valence-electron chi connectivity index (χ4n) is 5.32. The lowest BCUT2D eigenvalue weighted by Crippen LogP contribution is -2.69. The highest BCUT2D eigenvalue weighted by Gasteiger charge is 2.54. The number of carbonyl (C=O) groups is 1. The molecule has 0 spiro atoms. The van der Waals surface area contributed by atoms with Crippen LogP contribution in [0.3, 0.4) is 0 Å². The van der Waals surface area contributed by atoms with Gasteiger partial charge in [-0.05, 0) is 26.3 Å². The van der Waals surface area contributed by atoms with Crippen molar-refractivity contribution in [1.29, 1.82) is 0 Å². The van der Waals surface area contributed by atoms with E-state index in [1.54, 1.807) is 0 Å². The Hall–Kier alpha value is -1.13. The molecule has 3 heterocycles. The second kappa shape index (κ2) is 17.0. The number of nitrogens with one attached hydrogen (secondary N) is 1. The van der Waals surface area contributed by atoms with Crippen molar-refractivity contribution in [3.63, 3.8) is 0 Å². The van der Waals surface area contributed by atoms with E-state index in [2.05, 4.69) is 5.32 Å². The summed E-state index contributed by atoms with van der Waals surface area (Å²) in [6, 6.07) is -1.19. The van der Waals surface area contributed by atoms with Crippen LogP contribution in [0.5, 0.6) is 0 Å². The van der Waals surface area contributed by atoms with Gasteiger partial charge in [0, 0.05) is 13.5 Å². The van der Waals surface area contributed by atoms with E-state index in [1.165, 1.54) is 13.8 Å². The summed E-state index contributed by atoms with van der Waals surface area (Å²) in [4.78, 5) is 12.3. The van der Waals surface area contributed by atoms with E-state index < -0.39 is 111 Å². The molecule has 252 valence electrons. The number of hydrogen-bond acceptors (Lipinski definition) is 16. The molecule has 3 aliphatic heterocycles. The van der Waals surface area contributed by atoms with E-state index >= 15 is 0 Å². The Morgan fingerprint density at radius 1 is 0.721 bits per heavy atom.